The maximum atomic E-state index is 13.4. The number of rotatable bonds is 2. The van der Waals surface area contributed by atoms with Crippen LogP contribution in [0.25, 0.3) is 0 Å². The van der Waals surface area contributed by atoms with Crippen LogP contribution < -0.4 is 10.6 Å². The number of hydrogen-bond acceptors (Lipinski definition) is 4. The van der Waals surface area contributed by atoms with Crippen molar-refractivity contribution in [3.8, 4) is 17.2 Å². The van der Waals surface area contributed by atoms with E-state index in [1.54, 1.807) is 0 Å². The van der Waals surface area contributed by atoms with Crippen molar-refractivity contribution in [3.63, 3.8) is 0 Å². The van der Waals surface area contributed by atoms with Crippen LogP contribution in [-0.4, -0.2) is 21.4 Å². The molecule has 116 valence electrons. The highest BCUT2D eigenvalue weighted by Crippen LogP contribution is 2.37. The van der Waals surface area contributed by atoms with Gasteiger partial charge in [0.1, 0.15) is 0 Å². The fraction of sp³-hybridized carbons (Fsp3) is 0. The Kier molecular flexibility index (Phi) is 3.97. The number of carbonyl (C=O) groups excluding carboxylic acids is 1. The van der Waals surface area contributed by atoms with E-state index in [2.05, 4.69) is 5.32 Å². The van der Waals surface area contributed by atoms with E-state index in [-0.39, 0.29) is 5.69 Å². The summed E-state index contributed by atoms with van der Waals surface area (Å²) >= 11 is 0. The quantitative estimate of drug-likeness (QED) is 0.334. The van der Waals surface area contributed by atoms with Crippen LogP contribution in [0.2, 0.25) is 0 Å². The van der Waals surface area contributed by atoms with Gasteiger partial charge in [-0.2, -0.15) is 0 Å². The molecule has 0 unspecified atom stereocenters. The second-order valence-corrected chi connectivity index (χ2v) is 4.17. The maximum Gasteiger partial charge on any atom is 0.323 e. The predicted octanol–water partition coefficient (Wildman–Crippen LogP) is 2.86. The Labute approximate surface area is 121 Å². The zero-order valence-electron chi connectivity index (χ0n) is 10.7. The Morgan fingerprint density at radius 1 is 0.909 bits per heavy atom. The molecule has 0 spiro atoms. The summed E-state index contributed by atoms with van der Waals surface area (Å²) < 4.78 is 39.1. The molecule has 0 fully saturated rings. The smallest absolute Gasteiger partial charge is 0.323 e. The summed E-state index contributed by atoms with van der Waals surface area (Å²) in [5.74, 6) is -6.90. The Hall–Kier alpha value is -3.10. The number of aromatic hydroxyl groups is 3. The molecule has 0 bridgehead atoms. The molecule has 6 nitrogen and oxygen atoms in total. The van der Waals surface area contributed by atoms with E-state index in [0.29, 0.717) is 6.07 Å². The summed E-state index contributed by atoms with van der Waals surface area (Å²) in [7, 11) is 0. The summed E-state index contributed by atoms with van der Waals surface area (Å²) in [6.07, 6.45) is 0. The van der Waals surface area contributed by atoms with Crippen LogP contribution in [0.4, 0.5) is 29.3 Å². The topological polar surface area (TPSA) is 102 Å². The second kappa shape index (κ2) is 5.72. The molecule has 2 amide bonds. The second-order valence-electron chi connectivity index (χ2n) is 4.17. The molecule has 2 aromatic rings. The van der Waals surface area contributed by atoms with E-state index >= 15 is 0 Å². The number of anilines is 2. The number of phenols is 3. The first-order chi connectivity index (χ1) is 10.3. The number of nitrogens with one attached hydrogen (secondary N) is 2. The van der Waals surface area contributed by atoms with Crippen molar-refractivity contribution < 1.29 is 33.3 Å². The number of hydrogen-bond donors (Lipinski definition) is 5. The molecular formula is C13H9F3N2O4. The first-order valence-corrected chi connectivity index (χ1v) is 5.76. The van der Waals surface area contributed by atoms with Gasteiger partial charge < -0.3 is 26.0 Å². The van der Waals surface area contributed by atoms with Gasteiger partial charge in [-0.15, -0.1) is 0 Å². The molecule has 0 aliphatic carbocycles. The van der Waals surface area contributed by atoms with Gasteiger partial charge in [-0.1, -0.05) is 0 Å². The van der Waals surface area contributed by atoms with Gasteiger partial charge in [-0.3, -0.25) is 0 Å². The van der Waals surface area contributed by atoms with Gasteiger partial charge in [0.2, 0.25) is 0 Å². The summed E-state index contributed by atoms with van der Waals surface area (Å²) in [6, 6.07) is 2.23. The number of halogens is 3. The summed E-state index contributed by atoms with van der Waals surface area (Å²) in [5, 5.41) is 31.7. The zero-order chi connectivity index (χ0) is 16.4. The molecule has 9 heteroatoms. The number of phenolic OH excluding ortho intramolecular Hbond substituents is 3. The largest absolute Gasteiger partial charge is 0.504 e. The molecule has 0 saturated heterocycles. The number of urea groups is 1. The van der Waals surface area contributed by atoms with Gasteiger partial charge in [-0.25, -0.2) is 18.0 Å². The third-order valence-electron chi connectivity index (χ3n) is 2.61. The average Bonchev–Trinajstić information content (AvgIpc) is 2.45. The molecule has 2 aromatic carbocycles. The number of benzene rings is 2. The lowest BCUT2D eigenvalue weighted by atomic mass is 10.2. The van der Waals surface area contributed by atoms with Crippen LogP contribution in [0.3, 0.4) is 0 Å². The van der Waals surface area contributed by atoms with Crippen molar-refractivity contribution in [2.45, 2.75) is 0 Å². The molecule has 0 aliphatic heterocycles. The van der Waals surface area contributed by atoms with Gasteiger partial charge in [-0.05, 0) is 12.1 Å². The van der Waals surface area contributed by atoms with Crippen LogP contribution in [0.5, 0.6) is 17.2 Å². The Balaban J connectivity index is 2.16. The fourth-order valence-electron chi connectivity index (χ4n) is 1.58. The minimum atomic E-state index is -1.74. The summed E-state index contributed by atoms with van der Waals surface area (Å²) in [4.78, 5) is 11.6. The molecule has 0 atom stereocenters. The number of amides is 2. The minimum Gasteiger partial charge on any atom is -0.504 e. The lowest BCUT2D eigenvalue weighted by Crippen LogP contribution is -2.20. The molecule has 0 aromatic heterocycles. The van der Waals surface area contributed by atoms with Crippen molar-refractivity contribution in [1.29, 1.82) is 0 Å². The summed E-state index contributed by atoms with van der Waals surface area (Å²) in [5.41, 5.74) is -0.739. The van der Waals surface area contributed by atoms with Crippen molar-refractivity contribution in [2.24, 2.45) is 0 Å². The fourth-order valence-corrected chi connectivity index (χ4v) is 1.58. The third kappa shape index (κ3) is 2.97. The van der Waals surface area contributed by atoms with Crippen LogP contribution in [-0.2, 0) is 0 Å². The molecule has 0 saturated carbocycles. The lowest BCUT2D eigenvalue weighted by molar-refractivity contribution is 0.262. The monoisotopic (exact) mass is 314 g/mol. The maximum absolute atomic E-state index is 13.4. The van der Waals surface area contributed by atoms with E-state index in [0.717, 1.165) is 18.2 Å². The molecule has 5 N–H and O–H groups in total. The van der Waals surface area contributed by atoms with E-state index in [1.807, 2.05) is 5.32 Å². The highest BCUT2D eigenvalue weighted by molar-refractivity contribution is 6.00. The first-order valence-electron chi connectivity index (χ1n) is 5.76. The van der Waals surface area contributed by atoms with Crippen LogP contribution >= 0.6 is 0 Å². The van der Waals surface area contributed by atoms with Gasteiger partial charge >= 0.3 is 6.03 Å². The highest BCUT2D eigenvalue weighted by Gasteiger charge is 2.16. The minimum absolute atomic E-state index is 0.131. The van der Waals surface area contributed by atoms with Crippen molar-refractivity contribution in [2.75, 3.05) is 10.6 Å². The van der Waals surface area contributed by atoms with Gasteiger partial charge in [0, 0.05) is 12.1 Å². The summed E-state index contributed by atoms with van der Waals surface area (Å²) in [6.45, 7) is 0. The van der Waals surface area contributed by atoms with E-state index in [9.17, 15) is 28.2 Å². The SMILES string of the molecule is O=C(Nc1cc(O)c(O)c(O)c1)Nc1ccc(F)c(F)c1F. The van der Waals surface area contributed by atoms with E-state index in [1.165, 1.54) is 0 Å². The Morgan fingerprint density at radius 2 is 1.50 bits per heavy atom. The standard InChI is InChI=1S/C13H9F3N2O4/c14-6-1-2-7(11(16)10(6)15)18-13(22)17-5-3-8(19)12(21)9(20)4-5/h1-4,19-21H,(H2,17,18,22). The van der Waals surface area contributed by atoms with Crippen LogP contribution in [0.15, 0.2) is 24.3 Å². The Morgan fingerprint density at radius 3 is 2.09 bits per heavy atom. The lowest BCUT2D eigenvalue weighted by Gasteiger charge is -2.10. The molecule has 0 aliphatic rings. The average molecular weight is 314 g/mol. The van der Waals surface area contributed by atoms with Crippen LogP contribution in [0, 0.1) is 17.5 Å². The van der Waals surface area contributed by atoms with Gasteiger partial charge in [0.25, 0.3) is 0 Å². The normalized spacial score (nSPS) is 10.3. The predicted molar refractivity (Wildman–Crippen MR) is 70.4 cm³/mol. The van der Waals surface area contributed by atoms with Crippen molar-refractivity contribution in [1.82, 2.24) is 0 Å². The molecular weight excluding hydrogens is 305 g/mol. The molecule has 22 heavy (non-hydrogen) atoms. The van der Waals surface area contributed by atoms with Crippen LogP contribution in [0.1, 0.15) is 0 Å². The van der Waals surface area contributed by atoms with E-state index in [4.69, 9.17) is 5.11 Å². The van der Waals surface area contributed by atoms with Crippen molar-refractivity contribution in [3.05, 3.63) is 41.7 Å². The number of carbonyl (C=O) groups is 1. The van der Waals surface area contributed by atoms with Crippen molar-refractivity contribution >= 4 is 17.4 Å². The molecule has 0 heterocycles. The zero-order valence-corrected chi connectivity index (χ0v) is 10.7. The third-order valence-corrected chi connectivity index (χ3v) is 2.61. The highest BCUT2D eigenvalue weighted by atomic mass is 19.2. The van der Waals surface area contributed by atoms with E-state index < -0.39 is 46.4 Å². The molecule has 2 rings (SSSR count). The Bertz CT molecular complexity index is 729. The van der Waals surface area contributed by atoms with Gasteiger partial charge in [0.15, 0.2) is 34.7 Å². The first kappa shape index (κ1) is 15.3. The molecule has 0 radical (unpaired) electrons. The van der Waals surface area contributed by atoms with Gasteiger partial charge in [0.05, 0.1) is 11.4 Å².